The van der Waals surface area contributed by atoms with Crippen LogP contribution in [-0.4, -0.2) is 35.7 Å². The number of hydrogen-bond donors (Lipinski definition) is 2. The number of aliphatic hydroxyl groups excluding tert-OH is 1. The zero-order valence-electron chi connectivity index (χ0n) is 12.7. The molecule has 0 aliphatic heterocycles. The lowest BCUT2D eigenvalue weighted by atomic mass is 10.0. The quantitative estimate of drug-likeness (QED) is 0.805. The first kappa shape index (κ1) is 16.5. The maximum absolute atomic E-state index is 12.2. The van der Waals surface area contributed by atoms with E-state index >= 15 is 0 Å². The molecule has 2 N–H and O–H groups in total. The van der Waals surface area contributed by atoms with E-state index in [2.05, 4.69) is 12.2 Å². The van der Waals surface area contributed by atoms with Gasteiger partial charge in [-0.3, -0.25) is 0 Å². The summed E-state index contributed by atoms with van der Waals surface area (Å²) in [7, 11) is 1.82. The molecular formula is C16H26N2O2. The Hall–Kier alpha value is -1.55. The summed E-state index contributed by atoms with van der Waals surface area (Å²) >= 11 is 0. The van der Waals surface area contributed by atoms with Gasteiger partial charge in [0.1, 0.15) is 0 Å². The van der Waals surface area contributed by atoms with Crippen LogP contribution in [0.3, 0.4) is 0 Å². The fraction of sp³-hybridized carbons (Fsp3) is 0.562. The third-order valence-electron chi connectivity index (χ3n) is 3.72. The largest absolute Gasteiger partial charge is 0.396 e. The molecule has 4 nitrogen and oxygen atoms in total. The summed E-state index contributed by atoms with van der Waals surface area (Å²) in [5, 5.41) is 12.1. The normalized spacial score (nSPS) is 13.6. The van der Waals surface area contributed by atoms with Crippen molar-refractivity contribution in [2.24, 2.45) is 0 Å². The summed E-state index contributed by atoms with van der Waals surface area (Å²) in [5.74, 6) is 0. The number of carbonyl (C=O) groups excluding carboxylic acids is 1. The lowest BCUT2D eigenvalue weighted by Crippen LogP contribution is -2.43. The van der Waals surface area contributed by atoms with E-state index in [0.717, 1.165) is 18.4 Å². The Morgan fingerprint density at radius 3 is 2.55 bits per heavy atom. The summed E-state index contributed by atoms with van der Waals surface area (Å²) in [6.07, 6.45) is 2.34. The highest BCUT2D eigenvalue weighted by Gasteiger charge is 2.19. The molecule has 0 fully saturated rings. The van der Waals surface area contributed by atoms with Crippen molar-refractivity contribution in [3.63, 3.8) is 0 Å². The maximum atomic E-state index is 12.2. The third kappa shape index (κ3) is 4.85. The molecule has 2 amide bonds. The van der Waals surface area contributed by atoms with E-state index in [1.165, 1.54) is 0 Å². The summed E-state index contributed by atoms with van der Waals surface area (Å²) in [4.78, 5) is 14.0. The van der Waals surface area contributed by atoms with Gasteiger partial charge in [-0.25, -0.2) is 4.79 Å². The Morgan fingerprint density at radius 2 is 2.00 bits per heavy atom. The smallest absolute Gasteiger partial charge is 0.317 e. The van der Waals surface area contributed by atoms with Crippen LogP contribution < -0.4 is 5.32 Å². The zero-order chi connectivity index (χ0) is 15.0. The molecule has 112 valence electrons. The summed E-state index contributed by atoms with van der Waals surface area (Å²) < 4.78 is 0. The van der Waals surface area contributed by atoms with Gasteiger partial charge in [-0.15, -0.1) is 0 Å². The van der Waals surface area contributed by atoms with Crippen molar-refractivity contribution in [3.8, 4) is 0 Å². The SMILES string of the molecule is CCC(C)N(C)C(=O)NC(CCCO)c1ccccc1. The molecule has 2 atom stereocenters. The van der Waals surface area contributed by atoms with Crippen molar-refractivity contribution in [3.05, 3.63) is 35.9 Å². The van der Waals surface area contributed by atoms with Crippen LogP contribution in [0.1, 0.15) is 44.7 Å². The molecule has 1 aromatic rings. The molecule has 0 saturated carbocycles. The van der Waals surface area contributed by atoms with Crippen molar-refractivity contribution in [2.75, 3.05) is 13.7 Å². The first-order chi connectivity index (χ1) is 9.60. The molecule has 0 aliphatic rings. The molecule has 1 rings (SSSR count). The number of hydrogen-bond acceptors (Lipinski definition) is 2. The lowest BCUT2D eigenvalue weighted by Gasteiger charge is -2.27. The predicted octanol–water partition coefficient (Wildman–Crippen LogP) is 2.94. The summed E-state index contributed by atoms with van der Waals surface area (Å²) in [6, 6.07) is 9.99. The highest BCUT2D eigenvalue weighted by molar-refractivity contribution is 5.74. The average Bonchev–Trinajstić information content (AvgIpc) is 2.50. The van der Waals surface area contributed by atoms with Crippen LogP contribution in [0.4, 0.5) is 4.79 Å². The summed E-state index contributed by atoms with van der Waals surface area (Å²) in [5.41, 5.74) is 1.08. The van der Waals surface area contributed by atoms with E-state index < -0.39 is 0 Å². The van der Waals surface area contributed by atoms with Crippen LogP contribution in [0.25, 0.3) is 0 Å². The van der Waals surface area contributed by atoms with Gasteiger partial charge in [0, 0.05) is 19.7 Å². The van der Waals surface area contributed by atoms with E-state index in [1.807, 2.05) is 44.3 Å². The number of amides is 2. The minimum absolute atomic E-state index is 0.0534. The monoisotopic (exact) mass is 278 g/mol. The number of carbonyl (C=O) groups is 1. The third-order valence-corrected chi connectivity index (χ3v) is 3.72. The molecule has 0 aromatic heterocycles. The number of rotatable bonds is 7. The van der Waals surface area contributed by atoms with Gasteiger partial charge in [-0.1, -0.05) is 37.3 Å². The van der Waals surface area contributed by atoms with Crippen LogP contribution >= 0.6 is 0 Å². The Balaban J connectivity index is 2.72. The summed E-state index contributed by atoms with van der Waals surface area (Å²) in [6.45, 7) is 4.24. The minimum Gasteiger partial charge on any atom is -0.396 e. The fourth-order valence-electron chi connectivity index (χ4n) is 2.03. The van der Waals surface area contributed by atoms with Gasteiger partial charge in [0.05, 0.1) is 6.04 Å². The molecule has 0 aliphatic carbocycles. The first-order valence-corrected chi connectivity index (χ1v) is 7.29. The standard InChI is InChI=1S/C16H26N2O2/c1-4-13(2)18(3)16(20)17-15(11-8-12-19)14-9-6-5-7-10-14/h5-7,9-10,13,15,19H,4,8,11-12H2,1-3H3,(H,17,20). The topological polar surface area (TPSA) is 52.6 Å². The van der Waals surface area contributed by atoms with Gasteiger partial charge >= 0.3 is 6.03 Å². The maximum Gasteiger partial charge on any atom is 0.317 e. The van der Waals surface area contributed by atoms with Crippen molar-refractivity contribution < 1.29 is 9.90 Å². The highest BCUT2D eigenvalue weighted by atomic mass is 16.3. The number of urea groups is 1. The van der Waals surface area contributed by atoms with E-state index in [0.29, 0.717) is 6.42 Å². The molecule has 1 aromatic carbocycles. The van der Waals surface area contributed by atoms with E-state index in [9.17, 15) is 4.79 Å². The molecular weight excluding hydrogens is 252 g/mol. The van der Waals surface area contributed by atoms with Crippen LogP contribution in [0, 0.1) is 0 Å². The van der Waals surface area contributed by atoms with Crippen molar-refractivity contribution >= 4 is 6.03 Å². The lowest BCUT2D eigenvalue weighted by molar-refractivity contribution is 0.186. The van der Waals surface area contributed by atoms with Gasteiger partial charge in [0.25, 0.3) is 0 Å². The Kier molecular flexibility index (Phi) is 7.09. The average molecular weight is 278 g/mol. The van der Waals surface area contributed by atoms with Crippen LogP contribution in [0.15, 0.2) is 30.3 Å². The van der Waals surface area contributed by atoms with Crippen LogP contribution in [0.5, 0.6) is 0 Å². The molecule has 2 unspecified atom stereocenters. The molecule has 0 radical (unpaired) electrons. The van der Waals surface area contributed by atoms with Gasteiger partial charge < -0.3 is 15.3 Å². The molecule has 20 heavy (non-hydrogen) atoms. The van der Waals surface area contributed by atoms with E-state index in [4.69, 9.17) is 5.11 Å². The second-order valence-corrected chi connectivity index (χ2v) is 5.15. The number of nitrogens with one attached hydrogen (secondary N) is 1. The molecule has 0 saturated heterocycles. The van der Waals surface area contributed by atoms with Crippen molar-refractivity contribution in [2.45, 2.75) is 45.2 Å². The van der Waals surface area contributed by atoms with Gasteiger partial charge in [-0.2, -0.15) is 0 Å². The Labute approximate surface area is 121 Å². The van der Waals surface area contributed by atoms with E-state index in [-0.39, 0.29) is 24.7 Å². The van der Waals surface area contributed by atoms with Crippen LogP contribution in [0.2, 0.25) is 0 Å². The second kappa shape index (κ2) is 8.59. The molecule has 0 heterocycles. The zero-order valence-corrected chi connectivity index (χ0v) is 12.7. The first-order valence-electron chi connectivity index (χ1n) is 7.29. The molecule has 0 bridgehead atoms. The number of nitrogens with zero attached hydrogens (tertiary/aromatic N) is 1. The Morgan fingerprint density at radius 1 is 1.35 bits per heavy atom. The fourth-order valence-corrected chi connectivity index (χ4v) is 2.03. The predicted molar refractivity (Wildman–Crippen MR) is 81.6 cm³/mol. The van der Waals surface area contributed by atoms with Gasteiger partial charge in [0.15, 0.2) is 0 Å². The molecule has 4 heteroatoms. The number of aliphatic hydroxyl groups is 1. The van der Waals surface area contributed by atoms with E-state index in [1.54, 1.807) is 4.90 Å². The highest BCUT2D eigenvalue weighted by Crippen LogP contribution is 2.18. The number of benzene rings is 1. The minimum atomic E-state index is -0.0638. The van der Waals surface area contributed by atoms with Crippen molar-refractivity contribution in [1.29, 1.82) is 0 Å². The van der Waals surface area contributed by atoms with Crippen molar-refractivity contribution in [1.82, 2.24) is 10.2 Å². The van der Waals surface area contributed by atoms with Gasteiger partial charge in [0.2, 0.25) is 0 Å². The second-order valence-electron chi connectivity index (χ2n) is 5.15. The van der Waals surface area contributed by atoms with Crippen LogP contribution in [-0.2, 0) is 0 Å². The Bertz CT molecular complexity index is 395. The molecule has 0 spiro atoms. The van der Waals surface area contributed by atoms with Gasteiger partial charge in [-0.05, 0) is 31.7 Å².